The minimum absolute atomic E-state index is 0.00502. The Kier molecular flexibility index (Phi) is 4.81. The van der Waals surface area contributed by atoms with E-state index >= 15 is 0 Å². The summed E-state index contributed by atoms with van der Waals surface area (Å²) in [7, 11) is 0. The lowest BCUT2D eigenvalue weighted by Crippen LogP contribution is -2.54. The van der Waals surface area contributed by atoms with Crippen LogP contribution in [0, 0.1) is 11.7 Å². The smallest absolute Gasteiger partial charge is 0.254 e. The number of aliphatic hydroxyl groups is 1. The minimum atomic E-state index is -0.622. The lowest BCUT2D eigenvalue weighted by Gasteiger charge is -2.39. The van der Waals surface area contributed by atoms with Crippen LogP contribution in [0.15, 0.2) is 22.7 Å². The first kappa shape index (κ1) is 15.4. The van der Waals surface area contributed by atoms with E-state index < -0.39 is 17.3 Å². The molecule has 0 aromatic heterocycles. The molecule has 1 aliphatic rings. The van der Waals surface area contributed by atoms with Crippen LogP contribution in [0.25, 0.3) is 0 Å². The Bertz CT molecular complexity index is 509. The first-order valence-corrected chi connectivity index (χ1v) is 7.63. The molecule has 0 bridgehead atoms. The molecule has 0 aliphatic heterocycles. The van der Waals surface area contributed by atoms with Gasteiger partial charge in [-0.1, -0.05) is 35.7 Å². The summed E-state index contributed by atoms with van der Waals surface area (Å²) < 4.78 is 14.4. The molecule has 0 spiro atoms. The van der Waals surface area contributed by atoms with E-state index in [-0.39, 0.29) is 12.2 Å². The zero-order valence-electron chi connectivity index (χ0n) is 11.5. The third-order valence-electron chi connectivity index (χ3n) is 3.95. The van der Waals surface area contributed by atoms with Crippen LogP contribution in [0.3, 0.4) is 0 Å². The quantitative estimate of drug-likeness (QED) is 0.884. The van der Waals surface area contributed by atoms with Crippen LogP contribution in [-0.4, -0.2) is 23.2 Å². The monoisotopic (exact) mass is 343 g/mol. The van der Waals surface area contributed by atoms with Gasteiger partial charge >= 0.3 is 0 Å². The number of carbonyl (C=O) groups is 1. The van der Waals surface area contributed by atoms with Gasteiger partial charge in [0, 0.05) is 4.47 Å². The number of nitrogens with one attached hydrogen (secondary N) is 1. The Hall–Kier alpha value is -0.940. The van der Waals surface area contributed by atoms with Crippen molar-refractivity contribution in [2.75, 3.05) is 6.61 Å². The van der Waals surface area contributed by atoms with Crippen LogP contribution in [0.4, 0.5) is 4.39 Å². The topological polar surface area (TPSA) is 49.3 Å². The van der Waals surface area contributed by atoms with Crippen molar-refractivity contribution in [3.8, 4) is 0 Å². The Morgan fingerprint density at radius 3 is 3.00 bits per heavy atom. The lowest BCUT2D eigenvalue weighted by molar-refractivity contribution is 0.0693. The summed E-state index contributed by atoms with van der Waals surface area (Å²) in [6.45, 7) is 1.99. The molecular formula is C15H19BrFNO2. The standard InChI is InChI=1S/C15H19BrFNO2/c1-10-3-2-6-15(8-10,9-19)18-14(20)12-7-11(16)4-5-13(12)17/h4-5,7,10,19H,2-3,6,8-9H2,1H3,(H,18,20). The van der Waals surface area contributed by atoms with Gasteiger partial charge in [-0.3, -0.25) is 4.79 Å². The summed E-state index contributed by atoms with van der Waals surface area (Å²) in [6.07, 6.45) is 3.52. The number of amides is 1. The Morgan fingerprint density at radius 1 is 1.60 bits per heavy atom. The molecule has 0 heterocycles. The van der Waals surface area contributed by atoms with Crippen molar-refractivity contribution in [3.05, 3.63) is 34.1 Å². The molecule has 2 atom stereocenters. The van der Waals surface area contributed by atoms with Crippen LogP contribution < -0.4 is 5.32 Å². The maximum absolute atomic E-state index is 13.7. The number of carbonyl (C=O) groups excluding carboxylic acids is 1. The summed E-state index contributed by atoms with van der Waals surface area (Å²) in [5.41, 5.74) is -0.616. The van der Waals surface area contributed by atoms with Crippen molar-refractivity contribution in [1.29, 1.82) is 0 Å². The Morgan fingerprint density at radius 2 is 2.35 bits per heavy atom. The molecule has 110 valence electrons. The van der Waals surface area contributed by atoms with Crippen LogP contribution in [-0.2, 0) is 0 Å². The average molecular weight is 344 g/mol. The van der Waals surface area contributed by atoms with E-state index in [1.165, 1.54) is 12.1 Å². The Balaban J connectivity index is 2.19. The second-order valence-electron chi connectivity index (χ2n) is 5.72. The molecule has 2 unspecified atom stereocenters. The highest BCUT2D eigenvalue weighted by molar-refractivity contribution is 9.10. The highest BCUT2D eigenvalue weighted by atomic mass is 79.9. The molecule has 3 nitrogen and oxygen atoms in total. The zero-order valence-corrected chi connectivity index (χ0v) is 13.0. The first-order chi connectivity index (χ1) is 9.46. The van der Waals surface area contributed by atoms with Crippen LogP contribution >= 0.6 is 15.9 Å². The van der Waals surface area contributed by atoms with Crippen molar-refractivity contribution in [2.45, 2.75) is 38.1 Å². The van der Waals surface area contributed by atoms with E-state index in [0.29, 0.717) is 10.4 Å². The van der Waals surface area contributed by atoms with Crippen molar-refractivity contribution < 1.29 is 14.3 Å². The van der Waals surface area contributed by atoms with Gasteiger partial charge in [-0.05, 0) is 37.0 Å². The van der Waals surface area contributed by atoms with Crippen molar-refractivity contribution in [3.63, 3.8) is 0 Å². The fourth-order valence-electron chi connectivity index (χ4n) is 2.94. The second kappa shape index (κ2) is 6.22. The fraction of sp³-hybridized carbons (Fsp3) is 0.533. The van der Waals surface area contributed by atoms with Gasteiger partial charge < -0.3 is 10.4 Å². The third kappa shape index (κ3) is 3.38. The third-order valence-corrected chi connectivity index (χ3v) is 4.44. The predicted molar refractivity (Wildman–Crippen MR) is 79.0 cm³/mol. The highest BCUT2D eigenvalue weighted by Gasteiger charge is 2.36. The van der Waals surface area contributed by atoms with Crippen LogP contribution in [0.2, 0.25) is 0 Å². The van der Waals surface area contributed by atoms with Gasteiger partial charge in [-0.25, -0.2) is 4.39 Å². The molecule has 2 N–H and O–H groups in total. The number of rotatable bonds is 3. The van der Waals surface area contributed by atoms with E-state index in [0.717, 1.165) is 25.7 Å². The maximum Gasteiger partial charge on any atom is 0.254 e. The molecule has 5 heteroatoms. The summed E-state index contributed by atoms with van der Waals surface area (Å²) >= 11 is 3.23. The highest BCUT2D eigenvalue weighted by Crippen LogP contribution is 2.32. The molecule has 1 fully saturated rings. The lowest BCUT2D eigenvalue weighted by atomic mass is 9.76. The summed E-state index contributed by atoms with van der Waals surface area (Å²) in [6, 6.07) is 4.27. The average Bonchev–Trinajstić information content (AvgIpc) is 2.41. The van der Waals surface area contributed by atoms with E-state index in [9.17, 15) is 14.3 Å². The van der Waals surface area contributed by atoms with Gasteiger partial charge in [-0.15, -0.1) is 0 Å². The SMILES string of the molecule is CC1CCCC(CO)(NC(=O)c2cc(Br)ccc2F)C1. The first-order valence-electron chi connectivity index (χ1n) is 6.84. The van der Waals surface area contributed by atoms with E-state index in [1.54, 1.807) is 6.07 Å². The zero-order chi connectivity index (χ0) is 14.8. The van der Waals surface area contributed by atoms with Crippen molar-refractivity contribution in [2.24, 2.45) is 5.92 Å². The number of benzene rings is 1. The molecule has 1 saturated carbocycles. The predicted octanol–water partition coefficient (Wildman–Crippen LogP) is 3.26. The van der Waals surface area contributed by atoms with Gasteiger partial charge in [0.2, 0.25) is 0 Å². The van der Waals surface area contributed by atoms with Crippen LogP contribution in [0.1, 0.15) is 43.0 Å². The van der Waals surface area contributed by atoms with Gasteiger partial charge in [0.15, 0.2) is 0 Å². The van der Waals surface area contributed by atoms with Gasteiger partial charge in [0.25, 0.3) is 5.91 Å². The molecule has 1 amide bonds. The summed E-state index contributed by atoms with van der Waals surface area (Å²) in [5.74, 6) is -0.571. The number of hydrogen-bond donors (Lipinski definition) is 2. The molecule has 0 radical (unpaired) electrons. The normalized spacial score (nSPS) is 26.3. The second-order valence-corrected chi connectivity index (χ2v) is 6.63. The van der Waals surface area contributed by atoms with Crippen molar-refractivity contribution >= 4 is 21.8 Å². The van der Waals surface area contributed by atoms with Gasteiger partial charge in [0.05, 0.1) is 17.7 Å². The minimum Gasteiger partial charge on any atom is -0.394 e. The maximum atomic E-state index is 13.7. The largest absolute Gasteiger partial charge is 0.394 e. The molecule has 1 aromatic rings. The van der Waals surface area contributed by atoms with E-state index in [4.69, 9.17) is 0 Å². The number of aliphatic hydroxyl groups excluding tert-OH is 1. The van der Waals surface area contributed by atoms with E-state index in [1.807, 2.05) is 0 Å². The number of halogens is 2. The molecular weight excluding hydrogens is 325 g/mol. The molecule has 0 saturated heterocycles. The Labute approximate surface area is 126 Å². The molecule has 1 aromatic carbocycles. The summed E-state index contributed by atoms with van der Waals surface area (Å²) in [5, 5.41) is 12.5. The molecule has 2 rings (SSSR count). The van der Waals surface area contributed by atoms with Gasteiger partial charge in [-0.2, -0.15) is 0 Å². The van der Waals surface area contributed by atoms with Gasteiger partial charge in [0.1, 0.15) is 5.82 Å². The molecule has 20 heavy (non-hydrogen) atoms. The van der Waals surface area contributed by atoms with E-state index in [2.05, 4.69) is 28.2 Å². The number of hydrogen-bond acceptors (Lipinski definition) is 2. The fourth-order valence-corrected chi connectivity index (χ4v) is 3.30. The van der Waals surface area contributed by atoms with Crippen molar-refractivity contribution in [1.82, 2.24) is 5.32 Å². The molecule has 1 aliphatic carbocycles. The summed E-state index contributed by atoms with van der Waals surface area (Å²) in [4.78, 5) is 12.3. The van der Waals surface area contributed by atoms with Crippen LogP contribution in [0.5, 0.6) is 0 Å².